The minimum atomic E-state index is 0.0291. The zero-order chi connectivity index (χ0) is 15.0. The summed E-state index contributed by atoms with van der Waals surface area (Å²) in [5.41, 5.74) is 3.28. The van der Waals surface area contributed by atoms with E-state index >= 15 is 0 Å². The van der Waals surface area contributed by atoms with E-state index in [2.05, 4.69) is 63.7 Å². The number of carbonyl (C=O) groups is 1. The third kappa shape index (κ3) is 2.96. The molecule has 20 heavy (non-hydrogen) atoms. The van der Waals surface area contributed by atoms with Crippen molar-refractivity contribution < 1.29 is 4.79 Å². The van der Waals surface area contributed by atoms with Gasteiger partial charge in [-0.3, -0.25) is 4.79 Å². The summed E-state index contributed by atoms with van der Waals surface area (Å²) in [6, 6.07) is 7.46. The summed E-state index contributed by atoms with van der Waals surface area (Å²) in [5.74, 6) is 0.0291. The number of rotatable bonds is 2. The van der Waals surface area contributed by atoms with E-state index in [-0.39, 0.29) is 5.78 Å². The van der Waals surface area contributed by atoms with E-state index in [1.54, 1.807) is 0 Å². The van der Waals surface area contributed by atoms with Gasteiger partial charge in [-0.15, -0.1) is 0 Å². The molecule has 0 unspecified atom stereocenters. The summed E-state index contributed by atoms with van der Waals surface area (Å²) >= 11 is 13.9. The van der Waals surface area contributed by atoms with Crippen LogP contribution in [0.4, 0.5) is 0 Å². The van der Waals surface area contributed by atoms with E-state index in [0.717, 1.165) is 29.0 Å². The first-order chi connectivity index (χ1) is 9.34. The second-order valence-corrected chi connectivity index (χ2v) is 7.69. The van der Waals surface area contributed by atoms with Crippen LogP contribution in [0.15, 0.2) is 42.2 Å². The van der Waals surface area contributed by atoms with Crippen molar-refractivity contribution in [3.05, 3.63) is 64.4 Å². The number of halogens is 4. The molecule has 0 aliphatic heterocycles. The van der Waals surface area contributed by atoms with Crippen LogP contribution < -0.4 is 0 Å². The Morgan fingerprint density at radius 2 is 1.10 bits per heavy atom. The van der Waals surface area contributed by atoms with E-state index < -0.39 is 0 Å². The molecule has 104 valence electrons. The van der Waals surface area contributed by atoms with Crippen LogP contribution in [0.2, 0.25) is 0 Å². The monoisotopic (exact) mass is 522 g/mol. The van der Waals surface area contributed by atoms with E-state index in [9.17, 15) is 4.79 Å². The molecule has 2 rings (SSSR count). The maximum Gasteiger partial charge on any atom is 0.193 e. The molecule has 5 heteroatoms. The number of hydrogen-bond acceptors (Lipinski definition) is 1. The molecule has 0 bridgehead atoms. The van der Waals surface area contributed by atoms with E-state index in [4.69, 9.17) is 0 Å². The van der Waals surface area contributed by atoms with Crippen LogP contribution in [0.1, 0.15) is 27.0 Å². The Labute approximate surface area is 151 Å². The van der Waals surface area contributed by atoms with Crippen LogP contribution >= 0.6 is 63.7 Å². The molecule has 0 aliphatic rings. The Balaban J connectivity index is 2.58. The van der Waals surface area contributed by atoms with Crippen molar-refractivity contribution in [3.8, 4) is 0 Å². The van der Waals surface area contributed by atoms with Gasteiger partial charge >= 0.3 is 0 Å². The van der Waals surface area contributed by atoms with Gasteiger partial charge in [0.1, 0.15) is 0 Å². The topological polar surface area (TPSA) is 17.1 Å². The van der Waals surface area contributed by atoms with Crippen LogP contribution in [-0.2, 0) is 0 Å². The molecule has 2 aromatic rings. The van der Waals surface area contributed by atoms with Crippen molar-refractivity contribution in [1.29, 1.82) is 0 Å². The van der Waals surface area contributed by atoms with Crippen molar-refractivity contribution in [1.82, 2.24) is 0 Å². The van der Waals surface area contributed by atoms with Crippen molar-refractivity contribution >= 4 is 69.5 Å². The van der Waals surface area contributed by atoms with Gasteiger partial charge in [-0.1, -0.05) is 0 Å². The summed E-state index contributed by atoms with van der Waals surface area (Å²) in [6.45, 7) is 3.87. The minimum Gasteiger partial charge on any atom is -0.289 e. The Morgan fingerprint density at radius 1 is 0.750 bits per heavy atom. The molecule has 0 amide bonds. The number of benzene rings is 2. The fourth-order valence-corrected chi connectivity index (χ4v) is 3.49. The maximum atomic E-state index is 12.7. The highest BCUT2D eigenvalue weighted by Crippen LogP contribution is 2.33. The van der Waals surface area contributed by atoms with Gasteiger partial charge in [0.2, 0.25) is 0 Å². The van der Waals surface area contributed by atoms with Crippen LogP contribution in [0.3, 0.4) is 0 Å². The number of carbonyl (C=O) groups excluding carboxylic acids is 1. The molecular weight excluding hydrogens is 516 g/mol. The van der Waals surface area contributed by atoms with Crippen molar-refractivity contribution in [2.45, 2.75) is 13.8 Å². The summed E-state index contributed by atoms with van der Waals surface area (Å²) in [6.07, 6.45) is 0. The quantitative estimate of drug-likeness (QED) is 0.405. The molecule has 0 fully saturated rings. The Hall–Kier alpha value is 0.0300. The lowest BCUT2D eigenvalue weighted by atomic mass is 9.96. The first kappa shape index (κ1) is 16.4. The third-order valence-corrected chi connectivity index (χ3v) is 7.60. The lowest BCUT2D eigenvalue weighted by Crippen LogP contribution is -2.07. The summed E-state index contributed by atoms with van der Waals surface area (Å²) in [7, 11) is 0. The van der Waals surface area contributed by atoms with Crippen molar-refractivity contribution in [3.63, 3.8) is 0 Å². The zero-order valence-corrected chi connectivity index (χ0v) is 17.1. The molecule has 0 saturated heterocycles. The Morgan fingerprint density at radius 3 is 1.45 bits per heavy atom. The first-order valence-corrected chi connectivity index (χ1v) is 8.95. The predicted octanol–water partition coefficient (Wildman–Crippen LogP) is 6.58. The molecule has 0 radical (unpaired) electrons. The third-order valence-electron chi connectivity index (χ3n) is 3.17. The lowest BCUT2D eigenvalue weighted by Gasteiger charge is -2.12. The molecule has 0 N–H and O–H groups in total. The Kier molecular flexibility index (Phi) is 5.27. The number of hydrogen-bond donors (Lipinski definition) is 0. The van der Waals surface area contributed by atoms with Gasteiger partial charge in [-0.2, -0.15) is 0 Å². The average molecular weight is 526 g/mol. The van der Waals surface area contributed by atoms with Gasteiger partial charge in [0.15, 0.2) is 5.78 Å². The van der Waals surface area contributed by atoms with Gasteiger partial charge in [0.25, 0.3) is 0 Å². The SMILES string of the molecule is Cc1c(C(=O)c2ccc(Br)c(Br)c2C)ccc(Br)c1Br. The van der Waals surface area contributed by atoms with E-state index in [1.807, 2.05) is 38.1 Å². The predicted molar refractivity (Wildman–Crippen MR) is 96.6 cm³/mol. The van der Waals surface area contributed by atoms with Gasteiger partial charge in [-0.05, 0) is 113 Å². The van der Waals surface area contributed by atoms with E-state index in [0.29, 0.717) is 11.1 Å². The first-order valence-electron chi connectivity index (χ1n) is 5.78. The fraction of sp³-hybridized carbons (Fsp3) is 0.133. The fourth-order valence-electron chi connectivity index (χ4n) is 1.94. The molecule has 1 nitrogen and oxygen atoms in total. The van der Waals surface area contributed by atoms with Crippen molar-refractivity contribution in [2.75, 3.05) is 0 Å². The Bertz CT molecular complexity index is 648. The largest absolute Gasteiger partial charge is 0.289 e. The molecule has 0 aliphatic carbocycles. The summed E-state index contributed by atoms with van der Waals surface area (Å²) in [4.78, 5) is 12.7. The van der Waals surface area contributed by atoms with Crippen LogP contribution in [0.25, 0.3) is 0 Å². The van der Waals surface area contributed by atoms with Gasteiger partial charge in [-0.25, -0.2) is 0 Å². The molecule has 0 heterocycles. The number of ketones is 1. The summed E-state index contributed by atoms with van der Waals surface area (Å²) < 4.78 is 3.72. The van der Waals surface area contributed by atoms with Crippen LogP contribution in [-0.4, -0.2) is 5.78 Å². The second kappa shape index (κ2) is 6.42. The maximum absolute atomic E-state index is 12.7. The second-order valence-electron chi connectivity index (χ2n) is 4.40. The molecule has 0 aromatic heterocycles. The van der Waals surface area contributed by atoms with Gasteiger partial charge < -0.3 is 0 Å². The standard InChI is InChI=1S/C15H10Br4O/c1-7-9(3-5-11(16)13(7)18)15(20)10-4-6-12(17)14(19)8(10)2/h3-6H,1-2H3. The molecule has 0 spiro atoms. The summed E-state index contributed by atoms with van der Waals surface area (Å²) in [5, 5.41) is 0. The molecule has 0 saturated carbocycles. The smallest absolute Gasteiger partial charge is 0.193 e. The molecular formula is C15H10Br4O. The average Bonchev–Trinajstić information content (AvgIpc) is 2.42. The molecule has 2 aromatic carbocycles. The zero-order valence-electron chi connectivity index (χ0n) is 10.7. The molecule has 0 atom stereocenters. The normalized spacial score (nSPS) is 10.7. The minimum absolute atomic E-state index is 0.0291. The van der Waals surface area contributed by atoms with Gasteiger partial charge in [0.05, 0.1) is 0 Å². The van der Waals surface area contributed by atoms with E-state index in [1.165, 1.54) is 0 Å². The highest BCUT2D eigenvalue weighted by Gasteiger charge is 2.18. The highest BCUT2D eigenvalue weighted by molar-refractivity contribution is 9.13. The van der Waals surface area contributed by atoms with Gasteiger partial charge in [0, 0.05) is 29.0 Å². The van der Waals surface area contributed by atoms with Crippen LogP contribution in [0, 0.1) is 13.8 Å². The highest BCUT2D eigenvalue weighted by atomic mass is 79.9. The lowest BCUT2D eigenvalue weighted by molar-refractivity contribution is 0.103. The van der Waals surface area contributed by atoms with Crippen molar-refractivity contribution in [2.24, 2.45) is 0 Å². The van der Waals surface area contributed by atoms with Crippen LogP contribution in [0.5, 0.6) is 0 Å².